The number of hydrogen-bond donors (Lipinski definition) is 2. The Labute approximate surface area is 116 Å². The van der Waals surface area contributed by atoms with Crippen LogP contribution in [0.15, 0.2) is 0 Å². The fourth-order valence-corrected chi connectivity index (χ4v) is 2.96. The Hall–Kier alpha value is -1.06. The van der Waals surface area contributed by atoms with Crippen LogP contribution in [0.3, 0.4) is 0 Å². The smallest absolute Gasteiger partial charge is 0.303 e. The van der Waals surface area contributed by atoms with Crippen LogP contribution in [0.5, 0.6) is 0 Å². The predicted octanol–water partition coefficient (Wildman–Crippen LogP) is 2.96. The Balaban J connectivity index is 2.38. The van der Waals surface area contributed by atoms with Crippen LogP contribution in [0.1, 0.15) is 65.7 Å². The molecule has 1 aliphatic carbocycles. The first-order valence-electron chi connectivity index (χ1n) is 7.35. The summed E-state index contributed by atoms with van der Waals surface area (Å²) < 4.78 is 0. The number of nitrogens with one attached hydrogen (secondary N) is 1. The summed E-state index contributed by atoms with van der Waals surface area (Å²) >= 11 is 0. The van der Waals surface area contributed by atoms with E-state index in [-0.39, 0.29) is 29.7 Å². The van der Waals surface area contributed by atoms with Gasteiger partial charge < -0.3 is 10.4 Å². The maximum Gasteiger partial charge on any atom is 0.303 e. The van der Waals surface area contributed by atoms with Crippen LogP contribution in [0.4, 0.5) is 0 Å². The molecule has 4 nitrogen and oxygen atoms in total. The number of carboxylic acids is 1. The van der Waals surface area contributed by atoms with Gasteiger partial charge in [-0.25, -0.2) is 0 Å². The molecule has 110 valence electrons. The fourth-order valence-electron chi connectivity index (χ4n) is 2.96. The van der Waals surface area contributed by atoms with Crippen molar-refractivity contribution in [1.29, 1.82) is 0 Å². The van der Waals surface area contributed by atoms with Gasteiger partial charge in [0.1, 0.15) is 0 Å². The molecule has 1 fully saturated rings. The number of carboxylic acid groups (broad SMARTS) is 1. The lowest BCUT2D eigenvalue weighted by molar-refractivity contribution is -0.137. The summed E-state index contributed by atoms with van der Waals surface area (Å²) in [4.78, 5) is 22.7. The zero-order valence-electron chi connectivity index (χ0n) is 12.4. The highest BCUT2D eigenvalue weighted by Gasteiger charge is 2.37. The summed E-state index contributed by atoms with van der Waals surface area (Å²) in [6.07, 6.45) is 5.95. The minimum absolute atomic E-state index is 0.0598. The molecule has 2 atom stereocenters. The molecule has 1 saturated carbocycles. The van der Waals surface area contributed by atoms with Crippen LogP contribution in [0.25, 0.3) is 0 Å². The summed E-state index contributed by atoms with van der Waals surface area (Å²) in [6, 6.07) is 0.0598. The molecule has 4 heteroatoms. The first-order chi connectivity index (χ1) is 8.83. The Morgan fingerprint density at radius 2 is 2.05 bits per heavy atom. The van der Waals surface area contributed by atoms with E-state index in [2.05, 4.69) is 19.2 Å². The van der Waals surface area contributed by atoms with Crippen molar-refractivity contribution in [3.05, 3.63) is 0 Å². The van der Waals surface area contributed by atoms with Crippen molar-refractivity contribution in [2.45, 2.75) is 71.8 Å². The molecular weight excluding hydrogens is 242 g/mol. The van der Waals surface area contributed by atoms with Crippen LogP contribution >= 0.6 is 0 Å². The Morgan fingerprint density at radius 3 is 2.63 bits per heavy atom. The van der Waals surface area contributed by atoms with Crippen molar-refractivity contribution in [3.63, 3.8) is 0 Å². The second-order valence-corrected chi connectivity index (χ2v) is 6.48. The average Bonchev–Trinajstić information content (AvgIpc) is 2.27. The lowest BCUT2D eigenvalue weighted by Crippen LogP contribution is -2.44. The number of carbonyl (C=O) groups is 2. The molecule has 1 aliphatic rings. The third-order valence-electron chi connectivity index (χ3n) is 4.24. The van der Waals surface area contributed by atoms with Crippen molar-refractivity contribution < 1.29 is 14.7 Å². The van der Waals surface area contributed by atoms with Crippen molar-refractivity contribution in [2.75, 3.05) is 0 Å². The van der Waals surface area contributed by atoms with Gasteiger partial charge in [0.15, 0.2) is 0 Å². The van der Waals surface area contributed by atoms with Crippen molar-refractivity contribution in [1.82, 2.24) is 5.32 Å². The van der Waals surface area contributed by atoms with Gasteiger partial charge in [-0.1, -0.05) is 26.7 Å². The molecule has 1 amide bonds. The van der Waals surface area contributed by atoms with Crippen molar-refractivity contribution in [2.24, 2.45) is 11.3 Å². The van der Waals surface area contributed by atoms with Gasteiger partial charge in [0.05, 0.1) is 0 Å². The molecular formula is C15H27NO3. The Bertz CT molecular complexity index is 325. The minimum atomic E-state index is -0.771. The maximum atomic E-state index is 12.3. The topological polar surface area (TPSA) is 66.4 Å². The summed E-state index contributed by atoms with van der Waals surface area (Å²) in [7, 11) is 0. The zero-order valence-corrected chi connectivity index (χ0v) is 12.4. The second kappa shape index (κ2) is 6.92. The minimum Gasteiger partial charge on any atom is -0.481 e. The van der Waals surface area contributed by atoms with Crippen molar-refractivity contribution in [3.8, 4) is 0 Å². The molecule has 0 aliphatic heterocycles. The van der Waals surface area contributed by atoms with Gasteiger partial charge >= 0.3 is 5.97 Å². The van der Waals surface area contributed by atoms with Gasteiger partial charge in [0, 0.05) is 18.4 Å². The van der Waals surface area contributed by atoms with Crippen LogP contribution in [0, 0.1) is 11.3 Å². The maximum absolute atomic E-state index is 12.3. The molecule has 0 spiro atoms. The average molecular weight is 269 g/mol. The van der Waals surface area contributed by atoms with E-state index in [4.69, 9.17) is 5.11 Å². The summed E-state index contributed by atoms with van der Waals surface area (Å²) in [6.45, 7) is 6.30. The summed E-state index contributed by atoms with van der Waals surface area (Å²) in [5.41, 5.74) is 0.0864. The molecule has 0 aromatic heterocycles. The number of carbonyl (C=O) groups excluding carboxylic acids is 1. The van der Waals surface area contributed by atoms with E-state index >= 15 is 0 Å². The quantitative estimate of drug-likeness (QED) is 0.779. The van der Waals surface area contributed by atoms with E-state index in [0.29, 0.717) is 6.42 Å². The van der Waals surface area contributed by atoms with Crippen molar-refractivity contribution >= 4 is 11.9 Å². The van der Waals surface area contributed by atoms with Gasteiger partial charge in [-0.05, 0) is 38.0 Å². The Morgan fingerprint density at radius 1 is 1.37 bits per heavy atom. The van der Waals surface area contributed by atoms with Gasteiger partial charge in [-0.15, -0.1) is 0 Å². The van der Waals surface area contributed by atoms with Gasteiger partial charge in [-0.3, -0.25) is 9.59 Å². The SMILES string of the molecule is CC(CCCC(=O)O)NC(=O)C1CCCCC1(C)C. The van der Waals surface area contributed by atoms with E-state index in [1.54, 1.807) is 0 Å². The third-order valence-corrected chi connectivity index (χ3v) is 4.24. The molecule has 0 aromatic rings. The number of amides is 1. The zero-order chi connectivity index (χ0) is 14.5. The molecule has 0 saturated heterocycles. The van der Waals surface area contributed by atoms with E-state index in [1.165, 1.54) is 6.42 Å². The third kappa shape index (κ3) is 5.21. The van der Waals surface area contributed by atoms with E-state index in [1.807, 2.05) is 6.92 Å². The van der Waals surface area contributed by atoms with Gasteiger partial charge in [0.25, 0.3) is 0 Å². The monoisotopic (exact) mass is 269 g/mol. The molecule has 0 aromatic carbocycles. The predicted molar refractivity (Wildman–Crippen MR) is 74.8 cm³/mol. The highest BCUT2D eigenvalue weighted by molar-refractivity contribution is 5.79. The van der Waals surface area contributed by atoms with E-state index in [9.17, 15) is 9.59 Å². The lowest BCUT2D eigenvalue weighted by atomic mass is 9.68. The number of aliphatic carboxylic acids is 1. The molecule has 0 bridgehead atoms. The molecule has 2 N–H and O–H groups in total. The first-order valence-corrected chi connectivity index (χ1v) is 7.35. The Kier molecular flexibility index (Phi) is 5.83. The second-order valence-electron chi connectivity index (χ2n) is 6.48. The standard InChI is InChI=1S/C15H27NO3/c1-11(7-6-9-13(17)18)16-14(19)12-8-4-5-10-15(12,2)3/h11-12H,4-10H2,1-3H3,(H,16,19)(H,17,18). The highest BCUT2D eigenvalue weighted by Crippen LogP contribution is 2.40. The van der Waals surface area contributed by atoms with Crippen LogP contribution < -0.4 is 5.32 Å². The summed E-state index contributed by atoms with van der Waals surface area (Å²) in [5, 5.41) is 11.6. The largest absolute Gasteiger partial charge is 0.481 e. The van der Waals surface area contributed by atoms with Crippen LogP contribution in [-0.4, -0.2) is 23.0 Å². The molecule has 1 rings (SSSR count). The van der Waals surface area contributed by atoms with E-state index < -0.39 is 5.97 Å². The summed E-state index contributed by atoms with van der Waals surface area (Å²) in [5.74, 6) is -0.525. The fraction of sp³-hybridized carbons (Fsp3) is 0.867. The van der Waals surface area contributed by atoms with Gasteiger partial charge in [-0.2, -0.15) is 0 Å². The molecule has 0 heterocycles. The highest BCUT2D eigenvalue weighted by atomic mass is 16.4. The molecule has 0 radical (unpaired) electrons. The normalized spacial score (nSPS) is 23.6. The molecule has 2 unspecified atom stereocenters. The lowest BCUT2D eigenvalue weighted by Gasteiger charge is -2.38. The van der Waals surface area contributed by atoms with Crippen LogP contribution in [-0.2, 0) is 9.59 Å². The van der Waals surface area contributed by atoms with E-state index in [0.717, 1.165) is 25.7 Å². The number of rotatable bonds is 6. The first kappa shape index (κ1) is 16.0. The van der Waals surface area contributed by atoms with Gasteiger partial charge in [0.2, 0.25) is 5.91 Å². The number of hydrogen-bond acceptors (Lipinski definition) is 2. The van der Waals surface area contributed by atoms with Crippen LogP contribution in [0.2, 0.25) is 0 Å². The molecule has 19 heavy (non-hydrogen) atoms.